The number of hydrogen-bond donors (Lipinski definition) is 2. The van der Waals surface area contributed by atoms with Crippen LogP contribution in [0.2, 0.25) is 5.22 Å². The average Bonchev–Trinajstić information content (AvgIpc) is 3.08. The number of carbonyl (C=O) groups excluding carboxylic acids is 1. The van der Waals surface area contributed by atoms with Crippen molar-refractivity contribution >= 4 is 23.2 Å². The number of carbonyl (C=O) groups is 1. The summed E-state index contributed by atoms with van der Waals surface area (Å²) in [7, 11) is 0. The van der Waals surface area contributed by atoms with Crippen molar-refractivity contribution in [2.24, 2.45) is 0 Å². The second-order valence-electron chi connectivity index (χ2n) is 4.24. The van der Waals surface area contributed by atoms with Gasteiger partial charge in [0.2, 0.25) is 5.22 Å². The van der Waals surface area contributed by atoms with E-state index in [4.69, 9.17) is 16.0 Å². The first-order chi connectivity index (χ1) is 10.1. The summed E-state index contributed by atoms with van der Waals surface area (Å²) in [6.45, 7) is 0. The second kappa shape index (κ2) is 5.34. The molecule has 1 amide bonds. The van der Waals surface area contributed by atoms with Crippen LogP contribution in [0.5, 0.6) is 0 Å². The molecule has 2 heterocycles. The summed E-state index contributed by atoms with van der Waals surface area (Å²) < 4.78 is 6.32. The fourth-order valence-electron chi connectivity index (χ4n) is 1.88. The van der Waals surface area contributed by atoms with Crippen molar-refractivity contribution in [3.63, 3.8) is 0 Å². The van der Waals surface area contributed by atoms with Gasteiger partial charge in [-0.25, -0.2) is 4.79 Å². The van der Waals surface area contributed by atoms with Crippen LogP contribution < -0.4 is 11.0 Å². The summed E-state index contributed by atoms with van der Waals surface area (Å²) in [6, 6.07) is 8.33. The molecule has 3 aromatic rings. The van der Waals surface area contributed by atoms with Crippen LogP contribution >= 0.6 is 11.6 Å². The molecule has 0 saturated heterocycles. The zero-order valence-electron chi connectivity index (χ0n) is 10.7. The Morgan fingerprint density at radius 3 is 2.57 bits per heavy atom. The molecule has 0 radical (unpaired) electrons. The third-order valence-corrected chi connectivity index (χ3v) is 3.21. The number of halogens is 1. The molecule has 0 aliphatic carbocycles. The van der Waals surface area contributed by atoms with Crippen LogP contribution in [-0.4, -0.2) is 15.5 Å². The Labute approximate surface area is 124 Å². The van der Waals surface area contributed by atoms with Gasteiger partial charge in [-0.15, -0.1) is 0 Å². The molecule has 0 bridgehead atoms. The molecule has 3 rings (SSSR count). The van der Waals surface area contributed by atoms with Gasteiger partial charge in [0.1, 0.15) is 0 Å². The standard InChI is InChI=1S/C14H10ClN3O3/c15-12-11(5-8-21-12)13(19)17-9-1-3-10(4-2-9)18-7-6-16-14(18)20/h1-8H,(H,16,20)(H,17,19). The van der Waals surface area contributed by atoms with Gasteiger partial charge >= 0.3 is 5.69 Å². The van der Waals surface area contributed by atoms with Crippen LogP contribution in [0.3, 0.4) is 0 Å². The SMILES string of the molecule is O=C(Nc1ccc(-n2cc[nH]c2=O)cc1)c1ccoc1Cl. The minimum Gasteiger partial charge on any atom is -0.452 e. The number of anilines is 1. The number of furan rings is 1. The Balaban J connectivity index is 1.79. The number of hydrogen-bond acceptors (Lipinski definition) is 3. The van der Waals surface area contributed by atoms with Crippen molar-refractivity contribution in [3.05, 3.63) is 70.3 Å². The average molecular weight is 304 g/mol. The van der Waals surface area contributed by atoms with Gasteiger partial charge in [-0.2, -0.15) is 0 Å². The highest BCUT2D eigenvalue weighted by molar-refractivity contribution is 6.32. The molecule has 0 unspecified atom stereocenters. The van der Waals surface area contributed by atoms with Crippen molar-refractivity contribution < 1.29 is 9.21 Å². The number of aromatic amines is 1. The van der Waals surface area contributed by atoms with Crippen LogP contribution in [0.15, 0.2) is 58.2 Å². The van der Waals surface area contributed by atoms with Crippen LogP contribution in [0.4, 0.5) is 5.69 Å². The summed E-state index contributed by atoms with van der Waals surface area (Å²) >= 11 is 5.74. The first-order valence-electron chi connectivity index (χ1n) is 6.06. The molecule has 106 valence electrons. The number of rotatable bonds is 3. The van der Waals surface area contributed by atoms with Crippen LogP contribution in [0, 0.1) is 0 Å². The Morgan fingerprint density at radius 2 is 2.00 bits per heavy atom. The number of nitrogens with zero attached hydrogens (tertiary/aromatic N) is 1. The molecule has 0 fully saturated rings. The summed E-state index contributed by atoms with van der Waals surface area (Å²) in [5, 5.41) is 2.74. The van der Waals surface area contributed by atoms with Gasteiger partial charge in [0.25, 0.3) is 5.91 Å². The maximum Gasteiger partial charge on any atom is 0.330 e. The van der Waals surface area contributed by atoms with E-state index in [1.165, 1.54) is 16.9 Å². The quantitative estimate of drug-likeness (QED) is 0.780. The Morgan fingerprint density at radius 1 is 1.24 bits per heavy atom. The third kappa shape index (κ3) is 2.61. The van der Waals surface area contributed by atoms with E-state index in [1.54, 1.807) is 36.7 Å². The van der Waals surface area contributed by atoms with Crippen LogP contribution in [0.1, 0.15) is 10.4 Å². The molecule has 0 aliphatic heterocycles. The first-order valence-corrected chi connectivity index (χ1v) is 6.44. The lowest BCUT2D eigenvalue weighted by molar-refractivity contribution is 0.102. The molecule has 0 atom stereocenters. The van der Waals surface area contributed by atoms with Crippen molar-refractivity contribution in [3.8, 4) is 5.69 Å². The van der Waals surface area contributed by atoms with Gasteiger partial charge in [-0.3, -0.25) is 9.36 Å². The fraction of sp³-hybridized carbons (Fsp3) is 0. The molecule has 6 nitrogen and oxygen atoms in total. The lowest BCUT2D eigenvalue weighted by atomic mass is 10.2. The highest BCUT2D eigenvalue weighted by Crippen LogP contribution is 2.19. The Bertz CT molecular complexity index is 830. The van der Waals surface area contributed by atoms with Gasteiger partial charge < -0.3 is 14.7 Å². The van der Waals surface area contributed by atoms with Crippen molar-refractivity contribution in [2.45, 2.75) is 0 Å². The highest BCUT2D eigenvalue weighted by Gasteiger charge is 2.13. The number of amides is 1. The minimum absolute atomic E-state index is 0.0444. The van der Waals surface area contributed by atoms with Gasteiger partial charge in [0.05, 0.1) is 17.5 Å². The minimum atomic E-state index is -0.361. The number of aromatic nitrogens is 2. The molecular weight excluding hydrogens is 294 g/mol. The van der Waals surface area contributed by atoms with E-state index in [-0.39, 0.29) is 22.4 Å². The summed E-state index contributed by atoms with van der Waals surface area (Å²) in [6.07, 6.45) is 4.53. The van der Waals surface area contributed by atoms with E-state index in [0.717, 1.165) is 0 Å². The lowest BCUT2D eigenvalue weighted by Crippen LogP contribution is -2.14. The molecule has 7 heteroatoms. The Hall–Kier alpha value is -2.73. The van der Waals surface area contributed by atoms with E-state index in [2.05, 4.69) is 10.3 Å². The molecule has 0 aliphatic rings. The number of benzene rings is 1. The van der Waals surface area contributed by atoms with Gasteiger partial charge in [-0.1, -0.05) is 0 Å². The smallest absolute Gasteiger partial charge is 0.330 e. The van der Waals surface area contributed by atoms with Crippen molar-refractivity contribution in [2.75, 3.05) is 5.32 Å². The van der Waals surface area contributed by atoms with Crippen molar-refractivity contribution in [1.82, 2.24) is 9.55 Å². The van der Waals surface area contributed by atoms with Gasteiger partial charge in [0.15, 0.2) is 0 Å². The third-order valence-electron chi connectivity index (χ3n) is 2.92. The van der Waals surface area contributed by atoms with E-state index in [9.17, 15) is 9.59 Å². The van der Waals surface area contributed by atoms with E-state index < -0.39 is 0 Å². The van der Waals surface area contributed by atoms with Crippen LogP contribution in [-0.2, 0) is 0 Å². The topological polar surface area (TPSA) is 80.0 Å². The summed E-state index contributed by atoms with van der Waals surface area (Å²) in [5.74, 6) is -0.361. The molecule has 1 aromatic carbocycles. The predicted octanol–water partition coefficient (Wildman–Crippen LogP) is 2.66. The van der Waals surface area contributed by atoms with E-state index in [0.29, 0.717) is 11.4 Å². The summed E-state index contributed by atoms with van der Waals surface area (Å²) in [5.41, 5.74) is 1.32. The lowest BCUT2D eigenvalue weighted by Gasteiger charge is -2.06. The predicted molar refractivity (Wildman–Crippen MR) is 78.1 cm³/mol. The zero-order chi connectivity index (χ0) is 14.8. The van der Waals surface area contributed by atoms with E-state index >= 15 is 0 Å². The number of nitrogens with one attached hydrogen (secondary N) is 2. The normalized spacial score (nSPS) is 10.5. The fourth-order valence-corrected chi connectivity index (χ4v) is 2.08. The molecular formula is C14H10ClN3O3. The Kier molecular flexibility index (Phi) is 3.37. The van der Waals surface area contributed by atoms with Gasteiger partial charge in [-0.05, 0) is 41.9 Å². The first kappa shape index (κ1) is 13.3. The highest BCUT2D eigenvalue weighted by atomic mass is 35.5. The molecule has 2 aromatic heterocycles. The maximum atomic E-state index is 11.9. The van der Waals surface area contributed by atoms with Crippen molar-refractivity contribution in [1.29, 1.82) is 0 Å². The van der Waals surface area contributed by atoms with E-state index in [1.807, 2.05) is 0 Å². The molecule has 21 heavy (non-hydrogen) atoms. The van der Waals surface area contributed by atoms with Gasteiger partial charge in [0, 0.05) is 18.1 Å². The second-order valence-corrected chi connectivity index (χ2v) is 4.59. The number of H-pyrrole nitrogens is 1. The zero-order valence-corrected chi connectivity index (χ0v) is 11.4. The maximum absolute atomic E-state index is 11.9. The summed E-state index contributed by atoms with van der Waals surface area (Å²) in [4.78, 5) is 26.0. The monoisotopic (exact) mass is 303 g/mol. The number of imidazole rings is 1. The van der Waals surface area contributed by atoms with Crippen LogP contribution in [0.25, 0.3) is 5.69 Å². The molecule has 2 N–H and O–H groups in total. The molecule has 0 spiro atoms. The largest absolute Gasteiger partial charge is 0.452 e. The molecule has 0 saturated carbocycles.